The van der Waals surface area contributed by atoms with E-state index >= 15 is 0 Å². The van der Waals surface area contributed by atoms with Gasteiger partial charge in [0.15, 0.2) is 0 Å². The fourth-order valence-electron chi connectivity index (χ4n) is 3.07. The monoisotopic (exact) mass is 337 g/mol. The highest BCUT2D eigenvalue weighted by molar-refractivity contribution is 6.04. The second-order valence-electron chi connectivity index (χ2n) is 6.75. The van der Waals surface area contributed by atoms with Crippen LogP contribution in [-0.2, 0) is 11.3 Å². The van der Waals surface area contributed by atoms with Crippen LogP contribution in [0, 0.1) is 5.92 Å². The Bertz CT molecular complexity index is 759. The summed E-state index contributed by atoms with van der Waals surface area (Å²) in [5.41, 5.74) is 2.36. The summed E-state index contributed by atoms with van der Waals surface area (Å²) in [6.45, 7) is 5.21. The molecule has 0 saturated heterocycles. The molecule has 0 spiro atoms. The number of rotatable bonds is 6. The third-order valence-corrected chi connectivity index (χ3v) is 4.44. The first-order chi connectivity index (χ1) is 12.1. The predicted octanol–water partition coefficient (Wildman–Crippen LogP) is 2.94. The van der Waals surface area contributed by atoms with Crippen molar-refractivity contribution in [2.24, 2.45) is 5.92 Å². The summed E-state index contributed by atoms with van der Waals surface area (Å²) >= 11 is 0. The Morgan fingerprint density at radius 3 is 2.76 bits per heavy atom. The highest BCUT2D eigenvalue weighted by Crippen LogP contribution is 2.34. The van der Waals surface area contributed by atoms with Gasteiger partial charge in [0.25, 0.3) is 5.91 Å². The van der Waals surface area contributed by atoms with Gasteiger partial charge in [-0.25, -0.2) is 0 Å². The number of hydrogen-bond acceptors (Lipinski definition) is 3. The lowest BCUT2D eigenvalue weighted by molar-refractivity contribution is -0.125. The van der Waals surface area contributed by atoms with Gasteiger partial charge in [-0.2, -0.15) is 0 Å². The average molecular weight is 337 g/mol. The van der Waals surface area contributed by atoms with Crippen molar-refractivity contribution in [3.05, 3.63) is 65.5 Å². The number of pyridine rings is 1. The van der Waals surface area contributed by atoms with E-state index in [1.54, 1.807) is 23.4 Å². The lowest BCUT2D eigenvalue weighted by Crippen LogP contribution is -2.39. The first-order valence-corrected chi connectivity index (χ1v) is 8.64. The maximum Gasteiger partial charge on any atom is 0.255 e. The molecule has 0 aliphatic carbocycles. The molecule has 5 heteroatoms. The zero-order chi connectivity index (χ0) is 17.8. The Hall–Kier alpha value is -2.69. The zero-order valence-electron chi connectivity index (χ0n) is 14.6. The molecule has 0 unspecified atom stereocenters. The van der Waals surface area contributed by atoms with Crippen molar-refractivity contribution in [3.8, 4) is 0 Å². The van der Waals surface area contributed by atoms with Gasteiger partial charge < -0.3 is 10.2 Å². The van der Waals surface area contributed by atoms with Crippen LogP contribution in [0.3, 0.4) is 0 Å². The van der Waals surface area contributed by atoms with Crippen molar-refractivity contribution in [2.45, 2.75) is 32.9 Å². The predicted molar refractivity (Wildman–Crippen MR) is 95.8 cm³/mol. The smallest absolute Gasteiger partial charge is 0.255 e. The van der Waals surface area contributed by atoms with Crippen LogP contribution < -0.4 is 5.32 Å². The lowest BCUT2D eigenvalue weighted by Gasteiger charge is -2.25. The Morgan fingerprint density at radius 1 is 1.24 bits per heavy atom. The first kappa shape index (κ1) is 17.1. The molecule has 0 saturated carbocycles. The van der Waals surface area contributed by atoms with Gasteiger partial charge in [-0.05, 0) is 35.6 Å². The van der Waals surface area contributed by atoms with Crippen LogP contribution in [0.2, 0.25) is 0 Å². The molecular formula is C20H23N3O2. The molecule has 0 bridgehead atoms. The Labute approximate surface area is 148 Å². The molecule has 2 heterocycles. The molecule has 2 aromatic rings. The van der Waals surface area contributed by atoms with Crippen LogP contribution in [-0.4, -0.2) is 28.2 Å². The van der Waals surface area contributed by atoms with Crippen LogP contribution in [0.4, 0.5) is 0 Å². The average Bonchev–Trinajstić information content (AvgIpc) is 2.91. The van der Waals surface area contributed by atoms with Crippen LogP contribution >= 0.6 is 0 Å². The van der Waals surface area contributed by atoms with Gasteiger partial charge in [0.2, 0.25) is 5.91 Å². The van der Waals surface area contributed by atoms with Crippen LogP contribution in [0.1, 0.15) is 47.8 Å². The van der Waals surface area contributed by atoms with E-state index in [2.05, 4.69) is 24.1 Å². The molecule has 1 N–H and O–H groups in total. The van der Waals surface area contributed by atoms with Gasteiger partial charge in [0.1, 0.15) is 6.04 Å². The van der Waals surface area contributed by atoms with Crippen molar-refractivity contribution >= 4 is 11.8 Å². The fourth-order valence-corrected chi connectivity index (χ4v) is 3.07. The molecule has 130 valence electrons. The number of nitrogens with zero attached hydrogens (tertiary/aromatic N) is 2. The van der Waals surface area contributed by atoms with E-state index in [4.69, 9.17) is 0 Å². The van der Waals surface area contributed by atoms with Gasteiger partial charge in [-0.3, -0.25) is 14.6 Å². The summed E-state index contributed by atoms with van der Waals surface area (Å²) in [5, 5.41) is 2.95. The molecule has 3 rings (SSSR count). The van der Waals surface area contributed by atoms with Gasteiger partial charge in [-0.1, -0.05) is 38.1 Å². The molecule has 1 aromatic carbocycles. The fraction of sp³-hybridized carbons (Fsp3) is 0.350. The Morgan fingerprint density at radius 2 is 2.04 bits per heavy atom. The third kappa shape index (κ3) is 3.71. The van der Waals surface area contributed by atoms with Crippen LogP contribution in [0.25, 0.3) is 0 Å². The lowest BCUT2D eigenvalue weighted by atomic mass is 10.0. The standard InChI is InChI=1S/C20H23N3O2/c1-14(2)9-11-23-18(16-7-3-4-8-17(16)20(23)25)19(24)22-13-15-6-5-10-21-12-15/h3-8,10,12,14,18H,9,11,13H2,1-2H3,(H,22,24)/t18-/m1/s1. The van der Waals surface area contributed by atoms with Crippen molar-refractivity contribution in [2.75, 3.05) is 6.54 Å². The molecule has 25 heavy (non-hydrogen) atoms. The summed E-state index contributed by atoms with van der Waals surface area (Å²) < 4.78 is 0. The second kappa shape index (κ2) is 7.47. The molecule has 2 amide bonds. The molecule has 0 radical (unpaired) electrons. The molecule has 5 nitrogen and oxygen atoms in total. The molecule has 1 aliphatic heterocycles. The van der Waals surface area contributed by atoms with Crippen molar-refractivity contribution < 1.29 is 9.59 Å². The Balaban J connectivity index is 1.79. The van der Waals surface area contributed by atoms with Gasteiger partial charge in [-0.15, -0.1) is 0 Å². The number of aromatic nitrogens is 1. The zero-order valence-corrected chi connectivity index (χ0v) is 14.6. The minimum Gasteiger partial charge on any atom is -0.350 e. The summed E-state index contributed by atoms with van der Waals surface area (Å²) in [5.74, 6) is 0.263. The highest BCUT2D eigenvalue weighted by Gasteiger charge is 2.40. The molecular weight excluding hydrogens is 314 g/mol. The second-order valence-corrected chi connectivity index (χ2v) is 6.75. The third-order valence-electron chi connectivity index (χ3n) is 4.44. The summed E-state index contributed by atoms with van der Waals surface area (Å²) in [4.78, 5) is 31.3. The first-order valence-electron chi connectivity index (χ1n) is 8.64. The maximum atomic E-state index is 12.9. The van der Waals surface area contributed by atoms with Crippen molar-refractivity contribution in [1.29, 1.82) is 0 Å². The maximum absolute atomic E-state index is 12.9. The molecule has 1 aromatic heterocycles. The quantitative estimate of drug-likeness (QED) is 0.881. The van der Waals surface area contributed by atoms with Crippen LogP contribution in [0.5, 0.6) is 0 Å². The molecule has 1 aliphatic rings. The number of carbonyl (C=O) groups is 2. The van der Waals surface area contributed by atoms with E-state index in [9.17, 15) is 9.59 Å². The summed E-state index contributed by atoms with van der Waals surface area (Å²) in [6.07, 6.45) is 4.29. The number of amides is 2. The Kier molecular flexibility index (Phi) is 5.12. The van der Waals surface area contributed by atoms with E-state index < -0.39 is 6.04 Å². The molecule has 1 atom stereocenters. The van der Waals surface area contributed by atoms with Crippen LogP contribution in [0.15, 0.2) is 48.8 Å². The molecule has 0 fully saturated rings. The summed E-state index contributed by atoms with van der Waals surface area (Å²) in [7, 11) is 0. The number of hydrogen-bond donors (Lipinski definition) is 1. The van der Waals surface area contributed by atoms with Crippen molar-refractivity contribution in [3.63, 3.8) is 0 Å². The number of nitrogens with one attached hydrogen (secondary N) is 1. The largest absolute Gasteiger partial charge is 0.350 e. The normalized spacial score (nSPS) is 16.2. The SMILES string of the molecule is CC(C)CCN1C(=O)c2ccccc2[C@@H]1C(=O)NCc1cccnc1. The summed E-state index contributed by atoms with van der Waals surface area (Å²) in [6, 6.07) is 10.6. The van der Waals surface area contributed by atoms with E-state index in [1.165, 1.54) is 0 Å². The van der Waals surface area contributed by atoms with Gasteiger partial charge >= 0.3 is 0 Å². The van der Waals surface area contributed by atoms with E-state index in [0.29, 0.717) is 24.6 Å². The van der Waals surface area contributed by atoms with Gasteiger partial charge in [0.05, 0.1) is 0 Å². The number of fused-ring (bicyclic) bond motifs is 1. The minimum atomic E-state index is -0.556. The minimum absolute atomic E-state index is 0.0576. The number of benzene rings is 1. The van der Waals surface area contributed by atoms with Gasteiger partial charge in [0, 0.05) is 31.0 Å². The highest BCUT2D eigenvalue weighted by atomic mass is 16.2. The van der Waals surface area contributed by atoms with E-state index in [1.807, 2.05) is 30.3 Å². The topological polar surface area (TPSA) is 62.3 Å². The van der Waals surface area contributed by atoms with Crippen molar-refractivity contribution in [1.82, 2.24) is 15.2 Å². The van der Waals surface area contributed by atoms with E-state index in [-0.39, 0.29) is 11.8 Å². The number of carbonyl (C=O) groups excluding carboxylic acids is 2. The van der Waals surface area contributed by atoms with E-state index in [0.717, 1.165) is 17.5 Å².